The van der Waals surface area contributed by atoms with Crippen LogP contribution in [0.5, 0.6) is 0 Å². The van der Waals surface area contributed by atoms with E-state index in [1.807, 2.05) is 5.06 Å². The third kappa shape index (κ3) is 4.73. The maximum atomic E-state index is 10.3. The minimum atomic E-state index is -0.813. The highest BCUT2D eigenvalue weighted by molar-refractivity contribution is 4.65. The van der Waals surface area contributed by atoms with E-state index >= 15 is 0 Å². The molecule has 0 aromatic carbocycles. The van der Waals surface area contributed by atoms with Gasteiger partial charge in [-0.1, -0.05) is 0 Å². The molecule has 0 amide bonds. The lowest BCUT2D eigenvalue weighted by atomic mass is 10.3. The van der Waals surface area contributed by atoms with Crippen LogP contribution >= 0.6 is 0 Å². The number of nitrogens with zero attached hydrogens (tertiary/aromatic N) is 1. The Hall–Kier alpha value is -0.240. The van der Waals surface area contributed by atoms with Crippen molar-refractivity contribution < 1.29 is 19.4 Å². The van der Waals surface area contributed by atoms with Crippen LogP contribution in [0, 0.1) is 0 Å². The Morgan fingerprint density at radius 1 is 1.38 bits per heavy atom. The molecule has 16 heavy (non-hydrogen) atoms. The van der Waals surface area contributed by atoms with Crippen molar-refractivity contribution in [2.75, 3.05) is 53.1 Å². The summed E-state index contributed by atoms with van der Waals surface area (Å²) in [5.74, 6) is -0.813. The summed E-state index contributed by atoms with van der Waals surface area (Å²) in [5, 5.41) is 15.4. The van der Waals surface area contributed by atoms with Crippen molar-refractivity contribution in [3.8, 4) is 0 Å². The Bertz CT molecular complexity index is 188. The largest absolute Gasteiger partial charge is 0.373 e. The van der Waals surface area contributed by atoms with Gasteiger partial charge in [-0.05, 0) is 6.92 Å². The first kappa shape index (κ1) is 13.8. The Kier molecular flexibility index (Phi) is 6.18. The van der Waals surface area contributed by atoms with Crippen LogP contribution in [-0.2, 0) is 19.4 Å². The van der Waals surface area contributed by atoms with Gasteiger partial charge >= 0.3 is 0 Å². The normalized spacial score (nSPS) is 21.9. The molecule has 1 fully saturated rings. The molecule has 1 rings (SSSR count). The average Bonchev–Trinajstić information content (AvgIpc) is 2.31. The summed E-state index contributed by atoms with van der Waals surface area (Å²) in [5.41, 5.74) is 0. The lowest BCUT2D eigenvalue weighted by Crippen LogP contribution is -2.50. The van der Waals surface area contributed by atoms with Crippen LogP contribution in [0.25, 0.3) is 0 Å². The van der Waals surface area contributed by atoms with Gasteiger partial charge in [0.2, 0.25) is 5.79 Å². The van der Waals surface area contributed by atoms with Gasteiger partial charge in [0, 0.05) is 33.3 Å². The highest BCUT2D eigenvalue weighted by atomic mass is 16.8. The lowest BCUT2D eigenvalue weighted by Gasteiger charge is -2.35. The summed E-state index contributed by atoms with van der Waals surface area (Å²) in [6.45, 7) is 5.45. The predicted octanol–water partition coefficient (Wildman–Crippen LogP) is -0.367. The molecule has 1 saturated heterocycles. The Morgan fingerprint density at radius 2 is 2.06 bits per heavy atom. The molecule has 6 nitrogen and oxygen atoms in total. The van der Waals surface area contributed by atoms with Crippen LogP contribution in [0.4, 0.5) is 0 Å². The minimum absolute atomic E-state index is 0.184. The van der Waals surface area contributed by atoms with Gasteiger partial charge in [0.05, 0.1) is 6.61 Å². The lowest BCUT2D eigenvalue weighted by molar-refractivity contribution is -0.346. The van der Waals surface area contributed by atoms with Gasteiger partial charge in [0.15, 0.2) is 0 Å². The van der Waals surface area contributed by atoms with E-state index in [0.717, 1.165) is 26.2 Å². The first-order valence-electron chi connectivity index (χ1n) is 5.56. The molecule has 1 N–H and O–H groups in total. The summed E-state index contributed by atoms with van der Waals surface area (Å²) in [6, 6.07) is 0. The highest BCUT2D eigenvalue weighted by Crippen LogP contribution is 2.14. The number of nitrogens with one attached hydrogen (secondary N) is 1. The van der Waals surface area contributed by atoms with Crippen LogP contribution in [0.15, 0.2) is 0 Å². The second-order valence-electron chi connectivity index (χ2n) is 3.86. The van der Waals surface area contributed by atoms with Gasteiger partial charge in [0.1, 0.15) is 13.2 Å². The maximum Gasteiger partial charge on any atom is 0.208 e. The Labute approximate surface area is 96.4 Å². The van der Waals surface area contributed by atoms with E-state index in [4.69, 9.17) is 14.3 Å². The van der Waals surface area contributed by atoms with Crippen molar-refractivity contribution in [3.05, 3.63) is 0 Å². The molecule has 0 spiro atoms. The molecule has 1 heterocycles. The fraction of sp³-hybridized carbons (Fsp3) is 1.00. The number of hydrogen-bond acceptors (Lipinski definition) is 5. The molecule has 1 radical (unpaired) electrons. The molecule has 1 atom stereocenters. The molecule has 0 aliphatic carbocycles. The molecule has 95 valence electrons. The van der Waals surface area contributed by atoms with Gasteiger partial charge in [0.25, 0.3) is 0 Å². The molecular weight excluding hydrogens is 212 g/mol. The number of rotatable bonds is 7. The van der Waals surface area contributed by atoms with Gasteiger partial charge in [-0.15, -0.1) is 0 Å². The SMILES string of the molecule is COC(C)(COCC[O])ON1CCNCC1. The topological polar surface area (TPSA) is 62.9 Å². The molecular formula is C10H21N2O4. The van der Waals surface area contributed by atoms with Gasteiger partial charge in [-0.25, -0.2) is 5.11 Å². The van der Waals surface area contributed by atoms with Gasteiger partial charge in [-0.3, -0.25) is 4.84 Å². The zero-order chi connectivity index (χ0) is 11.9. The number of hydrogen-bond donors (Lipinski definition) is 1. The first-order valence-corrected chi connectivity index (χ1v) is 5.56. The van der Waals surface area contributed by atoms with E-state index < -0.39 is 5.79 Å². The van der Waals surface area contributed by atoms with Gasteiger partial charge in [-0.2, -0.15) is 5.06 Å². The summed E-state index contributed by atoms with van der Waals surface area (Å²) >= 11 is 0. The number of methoxy groups -OCH3 is 1. The van der Waals surface area contributed by atoms with E-state index in [1.165, 1.54) is 0 Å². The van der Waals surface area contributed by atoms with Crippen LogP contribution < -0.4 is 5.32 Å². The Morgan fingerprint density at radius 3 is 2.62 bits per heavy atom. The van der Waals surface area contributed by atoms with Crippen molar-refractivity contribution in [2.24, 2.45) is 0 Å². The molecule has 0 aromatic rings. The third-order valence-corrected chi connectivity index (χ3v) is 2.42. The van der Waals surface area contributed by atoms with Crippen molar-refractivity contribution in [1.29, 1.82) is 0 Å². The van der Waals surface area contributed by atoms with Crippen molar-refractivity contribution >= 4 is 0 Å². The predicted molar refractivity (Wildman–Crippen MR) is 57.3 cm³/mol. The summed E-state index contributed by atoms with van der Waals surface area (Å²) < 4.78 is 10.5. The van der Waals surface area contributed by atoms with Crippen molar-refractivity contribution in [2.45, 2.75) is 12.7 Å². The van der Waals surface area contributed by atoms with Crippen LogP contribution in [0.1, 0.15) is 6.92 Å². The molecule has 1 aliphatic rings. The third-order valence-electron chi connectivity index (χ3n) is 2.42. The fourth-order valence-corrected chi connectivity index (χ4v) is 1.45. The molecule has 1 unspecified atom stereocenters. The van der Waals surface area contributed by atoms with Crippen LogP contribution in [0.3, 0.4) is 0 Å². The molecule has 6 heteroatoms. The maximum absolute atomic E-state index is 10.3. The zero-order valence-corrected chi connectivity index (χ0v) is 10.0. The quantitative estimate of drug-likeness (QED) is 0.480. The first-order chi connectivity index (χ1) is 7.70. The number of piperazine rings is 1. The second kappa shape index (κ2) is 7.16. The monoisotopic (exact) mass is 233 g/mol. The van der Waals surface area contributed by atoms with E-state index in [9.17, 15) is 5.11 Å². The minimum Gasteiger partial charge on any atom is -0.373 e. The van der Waals surface area contributed by atoms with E-state index in [1.54, 1.807) is 14.0 Å². The molecule has 0 aromatic heterocycles. The molecule has 0 bridgehead atoms. The Balaban J connectivity index is 2.32. The summed E-state index contributed by atoms with van der Waals surface area (Å²) in [6.07, 6.45) is 0. The fourth-order valence-electron chi connectivity index (χ4n) is 1.45. The zero-order valence-electron chi connectivity index (χ0n) is 10.0. The van der Waals surface area contributed by atoms with Gasteiger partial charge < -0.3 is 14.8 Å². The second-order valence-corrected chi connectivity index (χ2v) is 3.86. The van der Waals surface area contributed by atoms with E-state index in [-0.39, 0.29) is 19.8 Å². The summed E-state index contributed by atoms with van der Waals surface area (Å²) in [7, 11) is 1.57. The smallest absolute Gasteiger partial charge is 0.208 e. The number of ether oxygens (including phenoxy) is 2. The summed E-state index contributed by atoms with van der Waals surface area (Å²) in [4.78, 5) is 5.72. The van der Waals surface area contributed by atoms with Crippen LogP contribution in [0.2, 0.25) is 0 Å². The number of hydroxylamine groups is 2. The van der Waals surface area contributed by atoms with E-state index in [0.29, 0.717) is 0 Å². The van der Waals surface area contributed by atoms with E-state index in [2.05, 4.69) is 5.32 Å². The molecule has 1 aliphatic heterocycles. The van der Waals surface area contributed by atoms with Crippen molar-refractivity contribution in [1.82, 2.24) is 10.4 Å². The standard InChI is InChI=1S/C10H21N2O4/c1-10(14-2,9-15-8-7-13)16-12-5-3-11-4-6-12/h11H,3-9H2,1-2H3. The average molecular weight is 233 g/mol. The highest BCUT2D eigenvalue weighted by Gasteiger charge is 2.29. The van der Waals surface area contributed by atoms with Crippen molar-refractivity contribution in [3.63, 3.8) is 0 Å². The van der Waals surface area contributed by atoms with Crippen LogP contribution in [-0.4, -0.2) is 64.0 Å². The molecule has 0 saturated carbocycles.